The van der Waals surface area contributed by atoms with Crippen LogP contribution < -0.4 is 19.5 Å². The SMILES string of the molecule is CCOC(=O)c1cnc2c(OC)cccc2c1NC[C@H]1COc2ccccc2O1. The number of carbonyl (C=O) groups excluding carboxylic acids is 1. The zero-order valence-corrected chi connectivity index (χ0v) is 16.3. The van der Waals surface area contributed by atoms with E-state index in [-0.39, 0.29) is 12.7 Å². The Balaban J connectivity index is 1.64. The van der Waals surface area contributed by atoms with Crippen LogP contribution in [0.3, 0.4) is 0 Å². The summed E-state index contributed by atoms with van der Waals surface area (Å²) in [5, 5.41) is 4.12. The van der Waals surface area contributed by atoms with Crippen LogP contribution in [-0.2, 0) is 4.74 Å². The van der Waals surface area contributed by atoms with Gasteiger partial charge in [-0.15, -0.1) is 0 Å². The molecule has 29 heavy (non-hydrogen) atoms. The van der Waals surface area contributed by atoms with E-state index in [9.17, 15) is 4.79 Å². The van der Waals surface area contributed by atoms with Gasteiger partial charge in [0, 0.05) is 11.6 Å². The molecule has 4 rings (SSSR count). The number of anilines is 1. The lowest BCUT2D eigenvalue weighted by atomic mass is 10.1. The smallest absolute Gasteiger partial charge is 0.341 e. The molecule has 0 bridgehead atoms. The van der Waals surface area contributed by atoms with Crippen LogP contribution in [0.2, 0.25) is 0 Å². The lowest BCUT2D eigenvalue weighted by molar-refractivity contribution is 0.0527. The first-order valence-electron chi connectivity index (χ1n) is 9.46. The van der Waals surface area contributed by atoms with Gasteiger partial charge in [0.15, 0.2) is 11.5 Å². The first-order valence-corrected chi connectivity index (χ1v) is 9.46. The minimum atomic E-state index is -0.432. The van der Waals surface area contributed by atoms with Gasteiger partial charge in [-0.25, -0.2) is 4.79 Å². The molecule has 1 aliphatic heterocycles. The van der Waals surface area contributed by atoms with Gasteiger partial charge in [-0.3, -0.25) is 4.98 Å². The number of hydrogen-bond donors (Lipinski definition) is 1. The second-order valence-electron chi connectivity index (χ2n) is 6.50. The molecule has 7 heteroatoms. The maximum absolute atomic E-state index is 12.5. The van der Waals surface area contributed by atoms with Gasteiger partial charge in [-0.1, -0.05) is 24.3 Å². The zero-order chi connectivity index (χ0) is 20.2. The van der Waals surface area contributed by atoms with Crippen molar-refractivity contribution in [3.63, 3.8) is 0 Å². The molecule has 0 unspecified atom stereocenters. The molecule has 0 radical (unpaired) electrons. The monoisotopic (exact) mass is 394 g/mol. The Labute approximate surface area is 168 Å². The molecule has 0 saturated heterocycles. The summed E-state index contributed by atoms with van der Waals surface area (Å²) in [5.74, 6) is 1.64. The van der Waals surface area contributed by atoms with Gasteiger partial charge in [0.25, 0.3) is 0 Å². The lowest BCUT2D eigenvalue weighted by Crippen LogP contribution is -2.35. The summed E-state index contributed by atoms with van der Waals surface area (Å²) in [6.45, 7) is 2.90. The van der Waals surface area contributed by atoms with Gasteiger partial charge in [0.05, 0.1) is 25.9 Å². The summed E-state index contributed by atoms with van der Waals surface area (Å²) < 4.78 is 22.4. The number of para-hydroxylation sites is 3. The summed E-state index contributed by atoms with van der Waals surface area (Å²) in [7, 11) is 1.59. The van der Waals surface area contributed by atoms with E-state index in [0.29, 0.717) is 41.4 Å². The molecule has 3 aromatic rings. The number of nitrogens with one attached hydrogen (secondary N) is 1. The lowest BCUT2D eigenvalue weighted by Gasteiger charge is -2.27. The van der Waals surface area contributed by atoms with E-state index in [1.54, 1.807) is 14.0 Å². The fourth-order valence-corrected chi connectivity index (χ4v) is 3.29. The van der Waals surface area contributed by atoms with Crippen molar-refractivity contribution >= 4 is 22.6 Å². The van der Waals surface area contributed by atoms with E-state index in [1.165, 1.54) is 6.20 Å². The summed E-state index contributed by atoms with van der Waals surface area (Å²) in [6.07, 6.45) is 1.30. The number of esters is 1. The molecule has 0 saturated carbocycles. The van der Waals surface area contributed by atoms with Crippen LogP contribution in [0.15, 0.2) is 48.7 Å². The van der Waals surface area contributed by atoms with Gasteiger partial charge in [0.2, 0.25) is 0 Å². The standard InChI is InChI=1S/C22H22N2O5/c1-3-27-22(25)16-12-24-21-15(7-6-10-19(21)26-2)20(16)23-11-14-13-28-17-8-4-5-9-18(17)29-14/h4-10,12,14H,3,11,13H2,1-2H3,(H,23,24)/t14-/m0/s1. The molecule has 1 N–H and O–H groups in total. The predicted molar refractivity (Wildman–Crippen MR) is 109 cm³/mol. The van der Waals surface area contributed by atoms with Crippen LogP contribution in [-0.4, -0.2) is 43.9 Å². The molecule has 0 spiro atoms. The van der Waals surface area contributed by atoms with Gasteiger partial charge in [-0.05, 0) is 25.1 Å². The third-order valence-corrected chi connectivity index (χ3v) is 4.65. The number of ether oxygens (including phenoxy) is 4. The molecule has 0 aliphatic carbocycles. The first-order chi connectivity index (χ1) is 14.2. The third-order valence-electron chi connectivity index (χ3n) is 4.65. The van der Waals surface area contributed by atoms with Crippen LogP contribution in [0.25, 0.3) is 10.9 Å². The van der Waals surface area contributed by atoms with Gasteiger partial charge in [-0.2, -0.15) is 0 Å². The van der Waals surface area contributed by atoms with E-state index in [2.05, 4.69) is 10.3 Å². The molecule has 2 aromatic carbocycles. The summed E-state index contributed by atoms with van der Waals surface area (Å²) in [6, 6.07) is 13.1. The summed E-state index contributed by atoms with van der Waals surface area (Å²) in [4.78, 5) is 16.9. The number of pyridine rings is 1. The molecular weight excluding hydrogens is 372 g/mol. The largest absolute Gasteiger partial charge is 0.494 e. The number of rotatable bonds is 6. The molecule has 2 heterocycles. The number of aromatic nitrogens is 1. The molecule has 1 atom stereocenters. The van der Waals surface area contributed by atoms with E-state index in [4.69, 9.17) is 18.9 Å². The minimum Gasteiger partial charge on any atom is -0.494 e. The van der Waals surface area contributed by atoms with Gasteiger partial charge < -0.3 is 24.3 Å². The molecule has 0 fully saturated rings. The topological polar surface area (TPSA) is 78.9 Å². The second kappa shape index (κ2) is 8.26. The molecule has 1 aliphatic rings. The fraction of sp³-hybridized carbons (Fsp3) is 0.273. The summed E-state index contributed by atoms with van der Waals surface area (Å²) in [5.41, 5.74) is 1.66. The van der Waals surface area contributed by atoms with E-state index >= 15 is 0 Å². The average molecular weight is 394 g/mol. The number of nitrogens with zero attached hydrogens (tertiary/aromatic N) is 1. The van der Waals surface area contributed by atoms with Crippen molar-refractivity contribution in [2.24, 2.45) is 0 Å². The molecule has 1 aromatic heterocycles. The average Bonchev–Trinajstić information content (AvgIpc) is 2.76. The van der Waals surface area contributed by atoms with Crippen LogP contribution in [0.4, 0.5) is 5.69 Å². The number of hydrogen-bond acceptors (Lipinski definition) is 7. The predicted octanol–water partition coefficient (Wildman–Crippen LogP) is 3.67. The highest BCUT2D eigenvalue weighted by molar-refractivity contribution is 6.06. The van der Waals surface area contributed by atoms with Gasteiger partial charge in [0.1, 0.15) is 29.5 Å². The Kier molecular flexibility index (Phi) is 5.37. The fourth-order valence-electron chi connectivity index (χ4n) is 3.29. The Morgan fingerprint density at radius 2 is 2.03 bits per heavy atom. The Morgan fingerprint density at radius 3 is 2.83 bits per heavy atom. The van der Waals surface area contributed by atoms with E-state index < -0.39 is 5.97 Å². The van der Waals surface area contributed by atoms with Crippen LogP contribution in [0.5, 0.6) is 17.2 Å². The van der Waals surface area contributed by atoms with Crippen molar-refractivity contribution in [3.8, 4) is 17.2 Å². The normalized spacial score (nSPS) is 15.0. The van der Waals surface area contributed by atoms with Crippen molar-refractivity contribution in [2.45, 2.75) is 13.0 Å². The molecule has 0 amide bonds. The molecule has 150 valence electrons. The van der Waals surface area contributed by atoms with E-state index in [0.717, 1.165) is 11.1 Å². The van der Waals surface area contributed by atoms with Crippen molar-refractivity contribution < 1.29 is 23.7 Å². The van der Waals surface area contributed by atoms with Crippen LogP contribution >= 0.6 is 0 Å². The van der Waals surface area contributed by atoms with Crippen LogP contribution in [0, 0.1) is 0 Å². The maximum Gasteiger partial charge on any atom is 0.341 e. The van der Waals surface area contributed by atoms with Crippen molar-refractivity contribution in [3.05, 3.63) is 54.2 Å². The Morgan fingerprint density at radius 1 is 1.21 bits per heavy atom. The summed E-state index contributed by atoms with van der Waals surface area (Å²) >= 11 is 0. The number of fused-ring (bicyclic) bond motifs is 2. The third kappa shape index (κ3) is 3.76. The Hall–Kier alpha value is -3.48. The van der Waals surface area contributed by atoms with E-state index in [1.807, 2.05) is 42.5 Å². The highest BCUT2D eigenvalue weighted by Gasteiger charge is 2.23. The highest BCUT2D eigenvalue weighted by atomic mass is 16.6. The minimum absolute atomic E-state index is 0.214. The zero-order valence-electron chi connectivity index (χ0n) is 16.3. The van der Waals surface area contributed by atoms with Crippen molar-refractivity contribution in [2.75, 3.05) is 32.2 Å². The Bertz CT molecular complexity index is 1040. The van der Waals surface area contributed by atoms with Crippen molar-refractivity contribution in [1.82, 2.24) is 4.98 Å². The first kappa shape index (κ1) is 18.9. The number of methoxy groups -OCH3 is 1. The maximum atomic E-state index is 12.5. The number of carbonyl (C=O) groups is 1. The number of benzene rings is 2. The van der Waals surface area contributed by atoms with Gasteiger partial charge >= 0.3 is 5.97 Å². The quantitative estimate of drug-likeness (QED) is 0.639. The van der Waals surface area contributed by atoms with Crippen molar-refractivity contribution in [1.29, 1.82) is 0 Å². The molecule has 7 nitrogen and oxygen atoms in total. The highest BCUT2D eigenvalue weighted by Crippen LogP contribution is 2.33. The van der Waals surface area contributed by atoms with Crippen LogP contribution in [0.1, 0.15) is 17.3 Å². The second-order valence-corrected chi connectivity index (χ2v) is 6.50. The molecular formula is C22H22N2O5.